The quantitative estimate of drug-likeness (QED) is 0.682. The van der Waals surface area contributed by atoms with Crippen molar-refractivity contribution in [2.24, 2.45) is 0 Å². The fraction of sp³-hybridized carbons (Fsp3) is 0.263. The minimum Gasteiger partial charge on any atom is -0.492 e. The summed E-state index contributed by atoms with van der Waals surface area (Å²) >= 11 is 1.59. The number of rotatable bonds is 5. The number of carbonyl (C=O) groups is 2. The van der Waals surface area contributed by atoms with E-state index in [2.05, 4.69) is 0 Å². The number of Topliss-reactive ketones (excluding diaryl/α,β-unsaturated/α-hetero) is 2. The van der Waals surface area contributed by atoms with E-state index in [4.69, 9.17) is 4.74 Å². The topological polar surface area (TPSA) is 43.4 Å². The summed E-state index contributed by atoms with van der Waals surface area (Å²) in [7, 11) is 0. The Morgan fingerprint density at radius 3 is 2.38 bits per heavy atom. The number of halogens is 3. The molecule has 2 aromatic rings. The Hall–Kier alpha value is -2.28. The molecule has 0 amide bonds. The van der Waals surface area contributed by atoms with Crippen molar-refractivity contribution in [2.45, 2.75) is 23.9 Å². The lowest BCUT2D eigenvalue weighted by Gasteiger charge is -2.17. The average Bonchev–Trinajstić information content (AvgIpc) is 2.64. The summed E-state index contributed by atoms with van der Waals surface area (Å²) in [5.74, 6) is 0.829. The lowest BCUT2D eigenvalue weighted by Crippen LogP contribution is -2.10. The molecule has 0 unspecified atom stereocenters. The average molecular weight is 380 g/mol. The van der Waals surface area contributed by atoms with E-state index >= 15 is 0 Å². The van der Waals surface area contributed by atoms with Crippen molar-refractivity contribution in [1.29, 1.82) is 0 Å². The Morgan fingerprint density at radius 1 is 1.00 bits per heavy atom. The van der Waals surface area contributed by atoms with Crippen molar-refractivity contribution in [3.8, 4) is 5.75 Å². The summed E-state index contributed by atoms with van der Waals surface area (Å²) in [5.41, 5.74) is -0.443. The van der Waals surface area contributed by atoms with Crippen molar-refractivity contribution in [3.05, 3.63) is 59.2 Å². The number of fused-ring (bicyclic) bond motifs is 1. The third kappa shape index (κ3) is 4.27. The number of hydrogen-bond donors (Lipinski definition) is 0. The zero-order chi connectivity index (χ0) is 18.7. The van der Waals surface area contributed by atoms with E-state index in [1.165, 1.54) is 12.1 Å². The molecule has 7 heteroatoms. The Balaban J connectivity index is 1.65. The van der Waals surface area contributed by atoms with Gasteiger partial charge in [0, 0.05) is 29.7 Å². The molecule has 0 aliphatic carbocycles. The Kier molecular flexibility index (Phi) is 5.36. The van der Waals surface area contributed by atoms with Crippen LogP contribution in [-0.2, 0) is 6.18 Å². The van der Waals surface area contributed by atoms with Gasteiger partial charge in [-0.15, -0.1) is 11.8 Å². The molecule has 0 atom stereocenters. The van der Waals surface area contributed by atoms with Crippen LogP contribution in [0.3, 0.4) is 0 Å². The van der Waals surface area contributed by atoms with Crippen LogP contribution < -0.4 is 4.74 Å². The molecule has 0 bridgehead atoms. The van der Waals surface area contributed by atoms with Crippen LogP contribution in [0.25, 0.3) is 0 Å². The molecule has 3 nitrogen and oxygen atoms in total. The number of ether oxygens (including phenoxy) is 1. The summed E-state index contributed by atoms with van der Waals surface area (Å²) in [6.45, 7) is 0.621. The summed E-state index contributed by atoms with van der Waals surface area (Å²) in [5, 5.41) is 0. The molecule has 26 heavy (non-hydrogen) atoms. The van der Waals surface area contributed by atoms with Crippen LogP contribution in [0.2, 0.25) is 0 Å². The number of ketones is 2. The third-order valence-corrected chi connectivity index (χ3v) is 4.96. The first-order valence-electron chi connectivity index (χ1n) is 7.98. The zero-order valence-electron chi connectivity index (χ0n) is 13.6. The summed E-state index contributed by atoms with van der Waals surface area (Å²) in [6.07, 6.45) is -4.70. The van der Waals surface area contributed by atoms with Crippen LogP contribution in [0.4, 0.5) is 13.2 Å². The molecule has 1 aliphatic rings. The van der Waals surface area contributed by atoms with Crippen LogP contribution in [0.1, 0.15) is 39.1 Å². The molecule has 136 valence electrons. The van der Waals surface area contributed by atoms with Gasteiger partial charge in [0.25, 0.3) is 0 Å². The van der Waals surface area contributed by atoms with E-state index in [1.54, 1.807) is 30.0 Å². The van der Waals surface area contributed by atoms with Gasteiger partial charge in [-0.1, -0.05) is 12.1 Å². The minimum absolute atomic E-state index is 0.0398. The van der Waals surface area contributed by atoms with Gasteiger partial charge < -0.3 is 4.74 Å². The molecule has 0 aromatic heterocycles. The second-order valence-electron chi connectivity index (χ2n) is 5.78. The molecule has 0 saturated heterocycles. The third-order valence-electron chi connectivity index (χ3n) is 3.96. The highest BCUT2D eigenvalue weighted by Gasteiger charge is 2.30. The van der Waals surface area contributed by atoms with Crippen molar-refractivity contribution in [2.75, 3.05) is 12.4 Å². The van der Waals surface area contributed by atoms with E-state index in [9.17, 15) is 22.8 Å². The standard InChI is InChI=1S/C19H15F3O3S/c20-19(21,22)14-3-1-2-12(10-14)15(23)5-6-16(24)13-4-7-17-18(11-13)26-9-8-25-17/h1-4,7,10-11H,5-6,8-9H2. The van der Waals surface area contributed by atoms with Gasteiger partial charge in [-0.25, -0.2) is 0 Å². The van der Waals surface area contributed by atoms with Crippen molar-refractivity contribution in [3.63, 3.8) is 0 Å². The fourth-order valence-electron chi connectivity index (χ4n) is 2.60. The van der Waals surface area contributed by atoms with Gasteiger partial charge in [-0.05, 0) is 30.3 Å². The molecule has 0 saturated carbocycles. The first-order chi connectivity index (χ1) is 12.3. The van der Waals surface area contributed by atoms with E-state index in [0.29, 0.717) is 12.2 Å². The van der Waals surface area contributed by atoms with E-state index in [1.807, 2.05) is 0 Å². The molecule has 0 spiro atoms. The second kappa shape index (κ2) is 7.53. The molecule has 3 rings (SSSR count). The van der Waals surface area contributed by atoms with Crippen molar-refractivity contribution in [1.82, 2.24) is 0 Å². The lowest BCUT2D eigenvalue weighted by molar-refractivity contribution is -0.137. The van der Waals surface area contributed by atoms with Gasteiger partial charge in [0.1, 0.15) is 5.75 Å². The number of benzene rings is 2. The van der Waals surface area contributed by atoms with Crippen LogP contribution in [-0.4, -0.2) is 23.9 Å². The minimum atomic E-state index is -4.50. The molecule has 0 fully saturated rings. The normalized spacial score (nSPS) is 13.7. The molecule has 1 heterocycles. The zero-order valence-corrected chi connectivity index (χ0v) is 14.5. The maximum atomic E-state index is 12.7. The molecule has 2 aromatic carbocycles. The Labute approximate surface area is 152 Å². The predicted octanol–water partition coefficient (Wildman–Crippen LogP) is 5.04. The van der Waals surface area contributed by atoms with Crippen LogP contribution in [0, 0.1) is 0 Å². The first kappa shape index (κ1) is 18.5. The first-order valence-corrected chi connectivity index (χ1v) is 8.96. The number of hydrogen-bond acceptors (Lipinski definition) is 4. The Bertz CT molecular complexity index is 846. The maximum Gasteiger partial charge on any atom is 0.416 e. The molecular formula is C19H15F3O3S. The predicted molar refractivity (Wildman–Crippen MR) is 92.0 cm³/mol. The van der Waals surface area contributed by atoms with Crippen LogP contribution >= 0.6 is 11.8 Å². The summed E-state index contributed by atoms with van der Waals surface area (Å²) < 4.78 is 43.7. The largest absolute Gasteiger partial charge is 0.492 e. The second-order valence-corrected chi connectivity index (χ2v) is 6.92. The number of alkyl halides is 3. The molecule has 0 N–H and O–H groups in total. The lowest BCUT2D eigenvalue weighted by atomic mass is 10.00. The van der Waals surface area contributed by atoms with Gasteiger partial charge in [0.15, 0.2) is 11.6 Å². The van der Waals surface area contributed by atoms with Crippen molar-refractivity contribution >= 4 is 23.3 Å². The van der Waals surface area contributed by atoms with Gasteiger partial charge >= 0.3 is 6.18 Å². The van der Waals surface area contributed by atoms with Gasteiger partial charge in [-0.3, -0.25) is 9.59 Å². The molecular weight excluding hydrogens is 365 g/mol. The highest BCUT2D eigenvalue weighted by atomic mass is 32.2. The van der Waals surface area contributed by atoms with E-state index < -0.39 is 17.5 Å². The van der Waals surface area contributed by atoms with Crippen molar-refractivity contribution < 1.29 is 27.5 Å². The highest BCUT2D eigenvalue weighted by molar-refractivity contribution is 7.99. The van der Waals surface area contributed by atoms with Gasteiger partial charge in [0.05, 0.1) is 17.1 Å². The molecule has 1 aliphatic heterocycles. The maximum absolute atomic E-state index is 12.7. The number of carbonyl (C=O) groups excluding carboxylic acids is 2. The van der Waals surface area contributed by atoms with Gasteiger partial charge in [0.2, 0.25) is 0 Å². The fourth-order valence-corrected chi connectivity index (χ4v) is 3.47. The highest BCUT2D eigenvalue weighted by Crippen LogP contribution is 2.34. The molecule has 0 radical (unpaired) electrons. The van der Waals surface area contributed by atoms with E-state index in [0.717, 1.165) is 28.5 Å². The summed E-state index contributed by atoms with van der Waals surface area (Å²) in [4.78, 5) is 25.3. The van der Waals surface area contributed by atoms with Gasteiger partial charge in [-0.2, -0.15) is 13.2 Å². The van der Waals surface area contributed by atoms with Crippen LogP contribution in [0.5, 0.6) is 5.75 Å². The number of thioether (sulfide) groups is 1. The van der Waals surface area contributed by atoms with E-state index in [-0.39, 0.29) is 24.2 Å². The van der Waals surface area contributed by atoms with Crippen LogP contribution in [0.15, 0.2) is 47.4 Å². The summed E-state index contributed by atoms with van der Waals surface area (Å²) in [6, 6.07) is 9.35. The smallest absolute Gasteiger partial charge is 0.416 e. The SMILES string of the molecule is O=C(CCC(=O)c1ccc2c(c1)SCCO2)c1cccc(C(F)(F)F)c1. The Morgan fingerprint density at radius 2 is 1.69 bits per heavy atom. The monoisotopic (exact) mass is 380 g/mol.